The van der Waals surface area contributed by atoms with E-state index >= 15 is 0 Å². The summed E-state index contributed by atoms with van der Waals surface area (Å²) >= 11 is 0. The van der Waals surface area contributed by atoms with Crippen LogP contribution in [0.25, 0.3) is 11.2 Å². The SMILES string of the molecule is CC(C)(C)OC(=O)c1ccc(Cn2cc(Cc3cc(N)nc4n[nH]nc34)cn2)cc1. The number of hydrogen-bond acceptors (Lipinski definition) is 7. The number of carbonyl (C=O) groups excluding carboxylic acids is 1. The van der Waals surface area contributed by atoms with Gasteiger partial charge in [-0.1, -0.05) is 12.1 Å². The van der Waals surface area contributed by atoms with Crippen molar-refractivity contribution in [3.05, 3.63) is 65.0 Å². The number of nitrogens with two attached hydrogens (primary N) is 1. The molecule has 0 radical (unpaired) electrons. The minimum absolute atomic E-state index is 0.328. The van der Waals surface area contributed by atoms with Crippen LogP contribution in [0.3, 0.4) is 0 Å². The van der Waals surface area contributed by atoms with Crippen LogP contribution >= 0.6 is 0 Å². The Balaban J connectivity index is 1.44. The summed E-state index contributed by atoms with van der Waals surface area (Å²) in [5.41, 5.74) is 10.1. The lowest BCUT2D eigenvalue weighted by Crippen LogP contribution is -2.23. The molecule has 0 saturated heterocycles. The molecule has 9 nitrogen and oxygen atoms in total. The molecule has 0 aliphatic heterocycles. The van der Waals surface area contributed by atoms with Crippen molar-refractivity contribution in [3.63, 3.8) is 0 Å². The monoisotopic (exact) mass is 405 g/mol. The number of anilines is 1. The molecule has 0 atom stereocenters. The Morgan fingerprint density at radius 1 is 1.17 bits per heavy atom. The van der Waals surface area contributed by atoms with Crippen LogP contribution in [0.4, 0.5) is 5.82 Å². The molecule has 0 aliphatic carbocycles. The van der Waals surface area contributed by atoms with Gasteiger partial charge in [-0.05, 0) is 55.7 Å². The number of esters is 1. The Labute approximate surface area is 173 Å². The average molecular weight is 405 g/mol. The molecular formula is C21H23N7O2. The van der Waals surface area contributed by atoms with Crippen molar-refractivity contribution in [2.24, 2.45) is 0 Å². The number of ether oxygens (including phenoxy) is 1. The Hall–Kier alpha value is -3.75. The Kier molecular flexibility index (Phi) is 4.94. The molecule has 1 aromatic carbocycles. The molecule has 3 N–H and O–H groups in total. The first-order valence-corrected chi connectivity index (χ1v) is 9.56. The van der Waals surface area contributed by atoms with Crippen LogP contribution in [-0.4, -0.2) is 41.7 Å². The first-order valence-electron chi connectivity index (χ1n) is 9.56. The van der Waals surface area contributed by atoms with Gasteiger partial charge in [-0.3, -0.25) is 4.68 Å². The van der Waals surface area contributed by atoms with E-state index in [-0.39, 0.29) is 5.97 Å². The van der Waals surface area contributed by atoms with Gasteiger partial charge in [0.2, 0.25) is 5.65 Å². The van der Waals surface area contributed by atoms with Crippen molar-refractivity contribution in [2.45, 2.75) is 39.3 Å². The molecule has 4 rings (SSSR count). The van der Waals surface area contributed by atoms with Crippen LogP contribution in [0.2, 0.25) is 0 Å². The molecule has 0 unspecified atom stereocenters. The van der Waals surface area contributed by atoms with E-state index in [0.29, 0.717) is 35.5 Å². The topological polar surface area (TPSA) is 125 Å². The molecule has 3 aromatic heterocycles. The zero-order valence-electron chi connectivity index (χ0n) is 17.1. The number of nitrogens with one attached hydrogen (secondary N) is 1. The largest absolute Gasteiger partial charge is 0.456 e. The second-order valence-electron chi connectivity index (χ2n) is 8.12. The van der Waals surface area contributed by atoms with Gasteiger partial charge in [0.05, 0.1) is 18.3 Å². The Bertz CT molecular complexity index is 1190. The van der Waals surface area contributed by atoms with Crippen LogP contribution in [0.1, 0.15) is 47.8 Å². The maximum atomic E-state index is 12.1. The lowest BCUT2D eigenvalue weighted by Gasteiger charge is -2.19. The molecule has 3 heterocycles. The summed E-state index contributed by atoms with van der Waals surface area (Å²) in [7, 11) is 0. The first kappa shape index (κ1) is 19.6. The summed E-state index contributed by atoms with van der Waals surface area (Å²) in [4.78, 5) is 16.3. The Morgan fingerprint density at radius 3 is 2.67 bits per heavy atom. The molecule has 0 fully saturated rings. The van der Waals surface area contributed by atoms with Gasteiger partial charge < -0.3 is 10.5 Å². The number of carbonyl (C=O) groups is 1. The van der Waals surface area contributed by atoms with Crippen LogP contribution in [0, 0.1) is 0 Å². The zero-order valence-corrected chi connectivity index (χ0v) is 17.1. The van der Waals surface area contributed by atoms with E-state index < -0.39 is 5.60 Å². The van der Waals surface area contributed by atoms with Crippen molar-refractivity contribution in [1.82, 2.24) is 30.2 Å². The molecule has 30 heavy (non-hydrogen) atoms. The lowest BCUT2D eigenvalue weighted by atomic mass is 10.1. The highest BCUT2D eigenvalue weighted by molar-refractivity contribution is 5.89. The third-order valence-electron chi connectivity index (χ3n) is 4.41. The van der Waals surface area contributed by atoms with Gasteiger partial charge in [0, 0.05) is 12.6 Å². The predicted octanol–water partition coefficient (Wildman–Crippen LogP) is 2.73. The fourth-order valence-corrected chi connectivity index (χ4v) is 3.13. The number of hydrogen-bond donors (Lipinski definition) is 2. The number of aromatic amines is 1. The first-order chi connectivity index (χ1) is 14.3. The number of rotatable bonds is 5. The maximum Gasteiger partial charge on any atom is 0.338 e. The number of aromatic nitrogens is 6. The highest BCUT2D eigenvalue weighted by Crippen LogP contribution is 2.19. The summed E-state index contributed by atoms with van der Waals surface area (Å²) in [5, 5.41) is 15.2. The van der Waals surface area contributed by atoms with E-state index in [4.69, 9.17) is 10.5 Å². The smallest absolute Gasteiger partial charge is 0.338 e. The number of H-pyrrole nitrogens is 1. The number of benzene rings is 1. The quantitative estimate of drug-likeness (QED) is 0.489. The fraction of sp³-hybridized carbons (Fsp3) is 0.286. The number of pyridine rings is 1. The molecule has 0 bridgehead atoms. The molecule has 4 aromatic rings. The minimum atomic E-state index is -0.516. The number of nitrogen functional groups attached to an aromatic ring is 1. The highest BCUT2D eigenvalue weighted by atomic mass is 16.6. The second kappa shape index (κ2) is 7.58. The molecule has 0 amide bonds. The van der Waals surface area contributed by atoms with Crippen LogP contribution in [0.15, 0.2) is 42.7 Å². The third kappa shape index (κ3) is 4.45. The standard InChI is InChI=1S/C21H23N7O2/c1-21(2,3)30-20(29)15-6-4-13(5-7-15)11-28-12-14(10-23-28)8-16-9-17(22)24-19-18(16)25-27-26-19/h4-7,9-10,12H,8,11H2,1-3H3,(H3,22,24,25,26,27). The zero-order chi connectivity index (χ0) is 21.3. The van der Waals surface area contributed by atoms with Gasteiger partial charge in [0.1, 0.15) is 16.9 Å². The Morgan fingerprint density at radius 2 is 1.93 bits per heavy atom. The summed E-state index contributed by atoms with van der Waals surface area (Å²) in [6, 6.07) is 9.16. The third-order valence-corrected chi connectivity index (χ3v) is 4.41. The average Bonchev–Trinajstić information content (AvgIpc) is 3.30. The molecule has 154 valence electrons. The van der Waals surface area contributed by atoms with Crippen LogP contribution in [-0.2, 0) is 17.7 Å². The second-order valence-corrected chi connectivity index (χ2v) is 8.12. The van der Waals surface area contributed by atoms with Gasteiger partial charge in [0.25, 0.3) is 0 Å². The predicted molar refractivity (Wildman–Crippen MR) is 112 cm³/mol. The van der Waals surface area contributed by atoms with Crippen molar-refractivity contribution >= 4 is 23.0 Å². The van der Waals surface area contributed by atoms with E-state index in [1.54, 1.807) is 18.2 Å². The molecule has 0 saturated carbocycles. The van der Waals surface area contributed by atoms with Crippen molar-refractivity contribution in [2.75, 3.05) is 5.73 Å². The van der Waals surface area contributed by atoms with Gasteiger partial charge >= 0.3 is 5.97 Å². The van der Waals surface area contributed by atoms with Crippen molar-refractivity contribution in [1.29, 1.82) is 0 Å². The maximum absolute atomic E-state index is 12.1. The number of nitrogens with zero attached hydrogens (tertiary/aromatic N) is 5. The fourth-order valence-electron chi connectivity index (χ4n) is 3.13. The van der Waals surface area contributed by atoms with E-state index in [0.717, 1.165) is 16.7 Å². The van der Waals surface area contributed by atoms with Crippen LogP contribution < -0.4 is 5.73 Å². The molecule has 0 aliphatic rings. The minimum Gasteiger partial charge on any atom is -0.456 e. The van der Waals surface area contributed by atoms with Gasteiger partial charge in [-0.2, -0.15) is 15.4 Å². The van der Waals surface area contributed by atoms with Gasteiger partial charge in [-0.25, -0.2) is 9.78 Å². The highest BCUT2D eigenvalue weighted by Gasteiger charge is 2.17. The molecular weight excluding hydrogens is 382 g/mol. The van der Waals surface area contributed by atoms with Gasteiger partial charge in [0.15, 0.2) is 0 Å². The van der Waals surface area contributed by atoms with Gasteiger partial charge in [-0.15, -0.1) is 5.10 Å². The molecule has 9 heteroatoms. The summed E-state index contributed by atoms with van der Waals surface area (Å²) in [6.45, 7) is 6.14. The normalized spacial score (nSPS) is 11.7. The van der Waals surface area contributed by atoms with E-state index in [2.05, 4.69) is 25.5 Å². The van der Waals surface area contributed by atoms with E-state index in [1.165, 1.54) is 0 Å². The summed E-state index contributed by atoms with van der Waals surface area (Å²) < 4.78 is 7.24. The van der Waals surface area contributed by atoms with Crippen LogP contribution in [0.5, 0.6) is 0 Å². The van der Waals surface area contributed by atoms with E-state index in [1.807, 2.05) is 50.0 Å². The summed E-state index contributed by atoms with van der Waals surface area (Å²) in [5.74, 6) is 0.0788. The lowest BCUT2D eigenvalue weighted by molar-refractivity contribution is 0.00695. The summed E-state index contributed by atoms with van der Waals surface area (Å²) in [6.07, 6.45) is 4.41. The van der Waals surface area contributed by atoms with E-state index in [9.17, 15) is 4.79 Å². The number of fused-ring (bicyclic) bond motifs is 1. The van der Waals surface area contributed by atoms with Crippen molar-refractivity contribution in [3.8, 4) is 0 Å². The molecule has 0 spiro atoms. The van der Waals surface area contributed by atoms with Crippen molar-refractivity contribution < 1.29 is 9.53 Å².